The van der Waals surface area contributed by atoms with Gasteiger partial charge in [0, 0.05) is 18.7 Å². The molecule has 1 aliphatic rings. The number of pyridine rings is 1. The zero-order chi connectivity index (χ0) is 20.3. The quantitative estimate of drug-likeness (QED) is 0.597. The van der Waals surface area contributed by atoms with E-state index in [4.69, 9.17) is 0 Å². The lowest BCUT2D eigenvalue weighted by atomic mass is 9.84. The third-order valence-corrected chi connectivity index (χ3v) is 5.09. The van der Waals surface area contributed by atoms with Gasteiger partial charge in [0.2, 0.25) is 0 Å². The van der Waals surface area contributed by atoms with Gasteiger partial charge in [0.15, 0.2) is 0 Å². The second kappa shape index (κ2) is 8.14. The maximum atomic E-state index is 12.8. The molecule has 150 valence electrons. The number of piperidine rings is 1. The number of anilines is 1. The van der Waals surface area contributed by atoms with Crippen molar-refractivity contribution in [1.29, 1.82) is 0 Å². The molecule has 0 aliphatic carbocycles. The summed E-state index contributed by atoms with van der Waals surface area (Å²) >= 11 is 0. The van der Waals surface area contributed by atoms with E-state index in [0.29, 0.717) is 12.4 Å². The lowest BCUT2D eigenvalue weighted by Crippen LogP contribution is -2.39. The van der Waals surface area contributed by atoms with Gasteiger partial charge in [-0.1, -0.05) is 12.1 Å². The van der Waals surface area contributed by atoms with Crippen LogP contribution in [0.3, 0.4) is 0 Å². The Labute approximate surface area is 160 Å². The van der Waals surface area contributed by atoms with Crippen LogP contribution < -0.4 is 5.32 Å². The summed E-state index contributed by atoms with van der Waals surface area (Å²) in [5.74, 6) is 0.706. The van der Waals surface area contributed by atoms with Gasteiger partial charge in [0.05, 0.1) is 10.5 Å². The van der Waals surface area contributed by atoms with E-state index in [0.717, 1.165) is 37.1 Å². The van der Waals surface area contributed by atoms with Gasteiger partial charge >= 0.3 is 6.18 Å². The standard InChI is InChI=1S/C19H21F3N4O2/c1-25-10-2-3-14(11-23-17-9-8-16(12-24-17)26(27)28)18(25)13-4-6-15(7-5-13)19(20,21)22/h4-9,12,14,18H,2-3,10-11H2,1H3,(H,23,24). The van der Waals surface area contributed by atoms with Crippen LogP contribution in [-0.2, 0) is 6.18 Å². The molecule has 0 bridgehead atoms. The molecule has 2 aromatic rings. The third kappa shape index (κ3) is 4.59. The minimum Gasteiger partial charge on any atom is -0.370 e. The first-order valence-corrected chi connectivity index (χ1v) is 8.97. The molecule has 9 heteroatoms. The number of nitrogens with one attached hydrogen (secondary N) is 1. The highest BCUT2D eigenvalue weighted by Gasteiger charge is 2.33. The Morgan fingerprint density at radius 3 is 2.54 bits per heavy atom. The topological polar surface area (TPSA) is 71.3 Å². The third-order valence-electron chi connectivity index (χ3n) is 5.09. The fourth-order valence-corrected chi connectivity index (χ4v) is 3.70. The number of hydrogen-bond donors (Lipinski definition) is 1. The predicted octanol–water partition coefficient (Wildman–Crippen LogP) is 4.50. The van der Waals surface area contributed by atoms with Crippen LogP contribution in [0.15, 0.2) is 42.6 Å². The van der Waals surface area contributed by atoms with Gasteiger partial charge in [-0.05, 0) is 56.1 Å². The molecule has 3 rings (SSSR count). The Kier molecular flexibility index (Phi) is 5.83. The van der Waals surface area contributed by atoms with Crippen LogP contribution in [0.25, 0.3) is 0 Å². The Morgan fingerprint density at radius 2 is 1.96 bits per heavy atom. The average Bonchev–Trinajstić information content (AvgIpc) is 2.66. The van der Waals surface area contributed by atoms with Crippen LogP contribution in [0.2, 0.25) is 0 Å². The van der Waals surface area contributed by atoms with Crippen molar-refractivity contribution in [3.05, 3.63) is 63.8 Å². The van der Waals surface area contributed by atoms with E-state index >= 15 is 0 Å². The highest BCUT2D eigenvalue weighted by atomic mass is 19.4. The van der Waals surface area contributed by atoms with Crippen molar-refractivity contribution in [2.24, 2.45) is 5.92 Å². The second-order valence-corrected chi connectivity index (χ2v) is 6.99. The normalized spacial score (nSPS) is 20.7. The molecule has 2 atom stereocenters. The van der Waals surface area contributed by atoms with E-state index in [9.17, 15) is 23.3 Å². The maximum absolute atomic E-state index is 12.8. The monoisotopic (exact) mass is 394 g/mol. The van der Waals surface area contributed by atoms with Gasteiger partial charge in [-0.15, -0.1) is 0 Å². The fraction of sp³-hybridized carbons (Fsp3) is 0.421. The molecular weight excluding hydrogens is 373 g/mol. The summed E-state index contributed by atoms with van der Waals surface area (Å²) in [5, 5.41) is 13.9. The van der Waals surface area contributed by atoms with Crippen LogP contribution in [0, 0.1) is 16.0 Å². The summed E-state index contributed by atoms with van der Waals surface area (Å²) in [7, 11) is 1.97. The van der Waals surface area contributed by atoms with Gasteiger partial charge in [0.25, 0.3) is 5.69 Å². The zero-order valence-corrected chi connectivity index (χ0v) is 15.3. The van der Waals surface area contributed by atoms with E-state index in [2.05, 4.69) is 15.2 Å². The number of benzene rings is 1. The van der Waals surface area contributed by atoms with Crippen LogP contribution in [0.1, 0.15) is 30.0 Å². The molecule has 0 spiro atoms. The minimum absolute atomic E-state index is 0.0124. The summed E-state index contributed by atoms with van der Waals surface area (Å²) in [5.41, 5.74) is 0.115. The second-order valence-electron chi connectivity index (χ2n) is 6.99. The molecule has 0 saturated carbocycles. The lowest BCUT2D eigenvalue weighted by Gasteiger charge is -2.40. The molecule has 1 aromatic carbocycles. The molecule has 28 heavy (non-hydrogen) atoms. The largest absolute Gasteiger partial charge is 0.416 e. The van der Waals surface area contributed by atoms with E-state index in [1.165, 1.54) is 12.3 Å². The Balaban J connectivity index is 1.72. The summed E-state index contributed by atoms with van der Waals surface area (Å²) in [6.45, 7) is 1.44. The van der Waals surface area contributed by atoms with Gasteiger partial charge in [-0.25, -0.2) is 4.98 Å². The van der Waals surface area contributed by atoms with Crippen molar-refractivity contribution in [2.45, 2.75) is 25.1 Å². The number of nitrogens with zero attached hydrogens (tertiary/aromatic N) is 3. The molecule has 1 aliphatic heterocycles. The number of hydrogen-bond acceptors (Lipinski definition) is 5. The van der Waals surface area contributed by atoms with Crippen molar-refractivity contribution in [1.82, 2.24) is 9.88 Å². The summed E-state index contributed by atoms with van der Waals surface area (Å²) in [6.07, 6.45) is -1.23. The number of likely N-dealkylation sites (tertiary alicyclic amines) is 1. The molecule has 2 heterocycles. The number of alkyl halides is 3. The van der Waals surface area contributed by atoms with Gasteiger partial charge in [-0.3, -0.25) is 15.0 Å². The van der Waals surface area contributed by atoms with E-state index < -0.39 is 16.7 Å². The number of aromatic nitrogens is 1. The lowest BCUT2D eigenvalue weighted by molar-refractivity contribution is -0.385. The van der Waals surface area contributed by atoms with Crippen LogP contribution in [0.4, 0.5) is 24.7 Å². The van der Waals surface area contributed by atoms with E-state index in [-0.39, 0.29) is 17.6 Å². The fourth-order valence-electron chi connectivity index (χ4n) is 3.70. The zero-order valence-electron chi connectivity index (χ0n) is 15.3. The number of nitro groups is 1. The van der Waals surface area contributed by atoms with Crippen LogP contribution >= 0.6 is 0 Å². The smallest absolute Gasteiger partial charge is 0.370 e. The van der Waals surface area contributed by atoms with Gasteiger partial charge in [0.1, 0.15) is 12.0 Å². The van der Waals surface area contributed by atoms with Crippen LogP contribution in [0.5, 0.6) is 0 Å². The van der Waals surface area contributed by atoms with Crippen LogP contribution in [-0.4, -0.2) is 34.9 Å². The molecule has 1 aromatic heterocycles. The summed E-state index contributed by atoms with van der Waals surface area (Å²) in [4.78, 5) is 16.4. The van der Waals surface area contributed by atoms with Crippen molar-refractivity contribution >= 4 is 11.5 Å². The molecule has 2 unspecified atom stereocenters. The first-order valence-electron chi connectivity index (χ1n) is 8.97. The summed E-state index contributed by atoms with van der Waals surface area (Å²) < 4.78 is 38.5. The van der Waals surface area contributed by atoms with Crippen molar-refractivity contribution in [3.8, 4) is 0 Å². The minimum atomic E-state index is -4.35. The number of rotatable bonds is 5. The summed E-state index contributed by atoms with van der Waals surface area (Å²) in [6, 6.07) is 8.27. The van der Waals surface area contributed by atoms with Crippen molar-refractivity contribution in [2.75, 3.05) is 25.5 Å². The first-order chi connectivity index (χ1) is 13.3. The highest BCUT2D eigenvalue weighted by Crippen LogP contribution is 2.37. The molecule has 0 amide bonds. The van der Waals surface area contributed by atoms with Crippen molar-refractivity contribution in [3.63, 3.8) is 0 Å². The van der Waals surface area contributed by atoms with Gasteiger partial charge < -0.3 is 5.32 Å². The SMILES string of the molecule is CN1CCCC(CNc2ccc([N+](=O)[O-])cn2)C1c1ccc(C(F)(F)F)cc1. The molecular formula is C19H21F3N4O2. The van der Waals surface area contributed by atoms with E-state index in [1.807, 2.05) is 7.05 Å². The van der Waals surface area contributed by atoms with Crippen molar-refractivity contribution < 1.29 is 18.1 Å². The highest BCUT2D eigenvalue weighted by molar-refractivity contribution is 5.40. The Morgan fingerprint density at radius 1 is 1.25 bits per heavy atom. The predicted molar refractivity (Wildman–Crippen MR) is 98.9 cm³/mol. The maximum Gasteiger partial charge on any atom is 0.416 e. The molecule has 1 N–H and O–H groups in total. The molecule has 0 radical (unpaired) electrons. The Hall–Kier alpha value is -2.68. The first kappa shape index (κ1) is 20.1. The molecule has 6 nitrogen and oxygen atoms in total. The van der Waals surface area contributed by atoms with E-state index in [1.54, 1.807) is 18.2 Å². The molecule has 1 fully saturated rings. The number of halogens is 3. The average molecular weight is 394 g/mol. The molecule has 1 saturated heterocycles. The van der Waals surface area contributed by atoms with Gasteiger partial charge in [-0.2, -0.15) is 13.2 Å². The Bertz CT molecular complexity index is 809.